The van der Waals surface area contributed by atoms with Crippen LogP contribution in [0.5, 0.6) is 0 Å². The second-order valence-corrected chi connectivity index (χ2v) is 5.31. The zero-order chi connectivity index (χ0) is 10.3. The molecule has 0 aliphatic carbocycles. The largest absolute Gasteiger partial charge is 0.303 e. The summed E-state index contributed by atoms with van der Waals surface area (Å²) in [6.45, 7) is 5.82. The van der Waals surface area contributed by atoms with E-state index in [4.69, 9.17) is 0 Å². The van der Waals surface area contributed by atoms with E-state index < -0.39 is 9.84 Å². The molecule has 0 saturated heterocycles. The van der Waals surface area contributed by atoms with Crippen molar-refractivity contribution in [3.05, 3.63) is 0 Å². The Hall–Kier alpha value is -0.530. The molecule has 4 heteroatoms. The predicted molar refractivity (Wildman–Crippen MR) is 55.2 cm³/mol. The molecule has 0 aromatic heterocycles. The smallest absolute Gasteiger partial charge is 0.151 e. The third-order valence-electron chi connectivity index (χ3n) is 1.66. The molecule has 1 N–H and O–H groups in total. The summed E-state index contributed by atoms with van der Waals surface area (Å²) >= 11 is 0. The van der Waals surface area contributed by atoms with Crippen LogP contribution >= 0.6 is 0 Å². The van der Waals surface area contributed by atoms with Gasteiger partial charge in [-0.05, 0) is 13.8 Å². The first kappa shape index (κ1) is 12.5. The van der Waals surface area contributed by atoms with Crippen LogP contribution in [-0.2, 0) is 9.84 Å². The Bertz CT molecular complexity index is 284. The van der Waals surface area contributed by atoms with E-state index in [1.54, 1.807) is 13.8 Å². The fourth-order valence-electron chi connectivity index (χ4n) is 0.871. The minimum absolute atomic E-state index is 0.0224. The molecule has 3 nitrogen and oxygen atoms in total. The molecule has 76 valence electrons. The standard InChI is InChI=1S/C9H17NO2S/c1-4-6-7-10-9(3)8-13(11,12)5-2/h9-10H,5,7-8H2,1-3H3. The number of hydrogen-bond acceptors (Lipinski definition) is 3. The molecule has 0 spiro atoms. The molecule has 0 fully saturated rings. The Balaban J connectivity index is 3.85. The van der Waals surface area contributed by atoms with Gasteiger partial charge in [-0.25, -0.2) is 8.42 Å². The zero-order valence-electron chi connectivity index (χ0n) is 8.42. The first-order valence-corrected chi connectivity index (χ1v) is 6.17. The Morgan fingerprint density at radius 3 is 2.54 bits per heavy atom. The quantitative estimate of drug-likeness (QED) is 0.659. The molecule has 0 rings (SSSR count). The van der Waals surface area contributed by atoms with Crippen LogP contribution in [0.15, 0.2) is 0 Å². The average Bonchev–Trinajstić information content (AvgIpc) is 2.04. The van der Waals surface area contributed by atoms with Gasteiger partial charge in [-0.3, -0.25) is 0 Å². The lowest BCUT2D eigenvalue weighted by atomic mass is 10.4. The van der Waals surface area contributed by atoms with Crippen LogP contribution in [0.3, 0.4) is 0 Å². The summed E-state index contributed by atoms with van der Waals surface area (Å²) in [5.74, 6) is 5.96. The molecule has 0 aliphatic heterocycles. The van der Waals surface area contributed by atoms with Gasteiger partial charge in [0.1, 0.15) is 0 Å². The molecule has 1 unspecified atom stereocenters. The van der Waals surface area contributed by atoms with Gasteiger partial charge in [0.15, 0.2) is 9.84 Å². The molecule has 0 aromatic rings. The van der Waals surface area contributed by atoms with Crippen molar-refractivity contribution in [3.63, 3.8) is 0 Å². The lowest BCUT2D eigenvalue weighted by molar-refractivity contribution is 0.574. The molecule has 1 atom stereocenters. The molecule has 0 heterocycles. The third kappa shape index (κ3) is 6.62. The zero-order valence-corrected chi connectivity index (χ0v) is 9.24. The lowest BCUT2D eigenvalue weighted by Gasteiger charge is -2.10. The van der Waals surface area contributed by atoms with Gasteiger partial charge in [0.25, 0.3) is 0 Å². The van der Waals surface area contributed by atoms with E-state index in [2.05, 4.69) is 17.2 Å². The van der Waals surface area contributed by atoms with Crippen molar-refractivity contribution in [1.29, 1.82) is 0 Å². The number of hydrogen-bond donors (Lipinski definition) is 1. The molecule has 0 saturated carbocycles. The highest BCUT2D eigenvalue weighted by atomic mass is 32.2. The van der Waals surface area contributed by atoms with E-state index in [0.717, 1.165) is 0 Å². The molecule has 0 aliphatic rings. The number of rotatable bonds is 5. The summed E-state index contributed by atoms with van der Waals surface area (Å²) in [6.07, 6.45) is 0. The lowest BCUT2D eigenvalue weighted by Crippen LogP contribution is -2.33. The van der Waals surface area contributed by atoms with Crippen molar-refractivity contribution in [1.82, 2.24) is 5.32 Å². The maximum Gasteiger partial charge on any atom is 0.151 e. The molecule has 13 heavy (non-hydrogen) atoms. The highest BCUT2D eigenvalue weighted by molar-refractivity contribution is 7.91. The highest BCUT2D eigenvalue weighted by Crippen LogP contribution is 1.93. The van der Waals surface area contributed by atoms with Gasteiger partial charge in [0.2, 0.25) is 0 Å². The Morgan fingerprint density at radius 1 is 1.46 bits per heavy atom. The average molecular weight is 203 g/mol. The number of sulfone groups is 1. The topological polar surface area (TPSA) is 46.2 Å². The SMILES string of the molecule is CC#CCNC(C)CS(=O)(=O)CC. The molecule has 0 bridgehead atoms. The van der Waals surface area contributed by atoms with Gasteiger partial charge in [0.05, 0.1) is 12.3 Å². The summed E-state index contributed by atoms with van der Waals surface area (Å²) in [7, 11) is -2.87. The summed E-state index contributed by atoms with van der Waals surface area (Å²) in [6, 6.07) is -0.0224. The van der Waals surface area contributed by atoms with E-state index in [9.17, 15) is 8.42 Å². The second-order valence-electron chi connectivity index (χ2n) is 2.91. The van der Waals surface area contributed by atoms with Crippen LogP contribution in [0.1, 0.15) is 20.8 Å². The normalized spacial score (nSPS) is 13.2. The van der Waals surface area contributed by atoms with Crippen molar-refractivity contribution >= 4 is 9.84 Å². The van der Waals surface area contributed by atoms with E-state index in [1.807, 2.05) is 6.92 Å². The molecule has 0 amide bonds. The van der Waals surface area contributed by atoms with Gasteiger partial charge < -0.3 is 5.32 Å². The van der Waals surface area contributed by atoms with Crippen LogP contribution in [0.4, 0.5) is 0 Å². The Morgan fingerprint density at radius 2 is 2.08 bits per heavy atom. The highest BCUT2D eigenvalue weighted by Gasteiger charge is 2.12. The second kappa shape index (κ2) is 6.01. The van der Waals surface area contributed by atoms with Gasteiger partial charge in [-0.2, -0.15) is 0 Å². The van der Waals surface area contributed by atoms with Crippen molar-refractivity contribution in [2.45, 2.75) is 26.8 Å². The minimum Gasteiger partial charge on any atom is -0.303 e. The monoisotopic (exact) mass is 203 g/mol. The van der Waals surface area contributed by atoms with Crippen LogP contribution < -0.4 is 5.32 Å². The van der Waals surface area contributed by atoms with Gasteiger partial charge in [-0.1, -0.05) is 12.8 Å². The van der Waals surface area contributed by atoms with E-state index in [1.165, 1.54) is 0 Å². The van der Waals surface area contributed by atoms with Crippen LogP contribution in [0, 0.1) is 11.8 Å². The third-order valence-corrected chi connectivity index (χ3v) is 3.55. The first-order chi connectivity index (χ1) is 6.02. The van der Waals surface area contributed by atoms with E-state index in [-0.39, 0.29) is 17.5 Å². The molecule has 0 aromatic carbocycles. The van der Waals surface area contributed by atoms with Crippen LogP contribution in [0.2, 0.25) is 0 Å². The maximum atomic E-state index is 11.2. The summed E-state index contributed by atoms with van der Waals surface area (Å²) in [5.41, 5.74) is 0. The van der Waals surface area contributed by atoms with E-state index >= 15 is 0 Å². The Labute approximate surface area is 80.8 Å². The fourth-order valence-corrected chi connectivity index (χ4v) is 1.99. The van der Waals surface area contributed by atoms with Crippen molar-refractivity contribution < 1.29 is 8.42 Å². The fraction of sp³-hybridized carbons (Fsp3) is 0.778. The molecular weight excluding hydrogens is 186 g/mol. The summed E-state index contributed by atoms with van der Waals surface area (Å²) in [4.78, 5) is 0. The van der Waals surface area contributed by atoms with Crippen molar-refractivity contribution in [2.24, 2.45) is 0 Å². The predicted octanol–water partition coefficient (Wildman–Crippen LogP) is 0.423. The molecular formula is C9H17NO2S. The van der Waals surface area contributed by atoms with E-state index in [0.29, 0.717) is 6.54 Å². The van der Waals surface area contributed by atoms with Crippen molar-refractivity contribution in [2.75, 3.05) is 18.1 Å². The molecule has 0 radical (unpaired) electrons. The summed E-state index contributed by atoms with van der Waals surface area (Å²) < 4.78 is 22.3. The first-order valence-electron chi connectivity index (χ1n) is 4.35. The van der Waals surface area contributed by atoms with Gasteiger partial charge in [0, 0.05) is 11.8 Å². The van der Waals surface area contributed by atoms with Gasteiger partial charge in [-0.15, -0.1) is 5.92 Å². The summed E-state index contributed by atoms with van der Waals surface area (Å²) in [5, 5.41) is 3.02. The van der Waals surface area contributed by atoms with Crippen LogP contribution in [-0.4, -0.2) is 32.5 Å². The maximum absolute atomic E-state index is 11.2. The number of nitrogens with one attached hydrogen (secondary N) is 1. The van der Waals surface area contributed by atoms with Gasteiger partial charge >= 0.3 is 0 Å². The minimum atomic E-state index is -2.87. The van der Waals surface area contributed by atoms with Crippen molar-refractivity contribution in [3.8, 4) is 11.8 Å². The van der Waals surface area contributed by atoms with Crippen LogP contribution in [0.25, 0.3) is 0 Å². The Kier molecular flexibility index (Phi) is 5.76.